The van der Waals surface area contributed by atoms with Crippen molar-refractivity contribution < 1.29 is 60.9 Å². The predicted octanol–water partition coefficient (Wildman–Crippen LogP) is 3.44. The molecule has 2 saturated carbocycles. The van der Waals surface area contributed by atoms with Gasteiger partial charge in [-0.15, -0.1) is 11.6 Å². The van der Waals surface area contributed by atoms with E-state index in [0.717, 1.165) is 23.5 Å². The zero-order valence-corrected chi connectivity index (χ0v) is 27.0. The van der Waals surface area contributed by atoms with Gasteiger partial charge in [-0.05, 0) is 47.5 Å². The molecule has 5 atom stereocenters. The first kappa shape index (κ1) is 33.9. The fraction of sp³-hybridized carbons (Fsp3) is 0.769. The van der Waals surface area contributed by atoms with Gasteiger partial charge in [-0.25, -0.2) is 28.0 Å². The number of H-pyrrole nitrogens is 1. The predicted molar refractivity (Wildman–Crippen MR) is 149 cm³/mol. The minimum Gasteiger partial charge on any atom is -0.432 e. The molecule has 0 amide bonds. The van der Waals surface area contributed by atoms with Crippen LogP contribution in [0.3, 0.4) is 0 Å². The van der Waals surface area contributed by atoms with E-state index in [1.54, 1.807) is 34.6 Å². The smallest absolute Gasteiger partial charge is 0.432 e. The van der Waals surface area contributed by atoms with Crippen LogP contribution in [0.25, 0.3) is 0 Å². The van der Waals surface area contributed by atoms with Crippen molar-refractivity contribution >= 4 is 31.7 Å². The summed E-state index contributed by atoms with van der Waals surface area (Å²) in [6, 6.07) is 1.15. The number of nitrogens with zero attached hydrogens (tertiary/aromatic N) is 1. The summed E-state index contributed by atoms with van der Waals surface area (Å²) >= 11 is 6.51. The molecule has 1 N–H and O–H groups in total. The second-order valence-electron chi connectivity index (χ2n) is 11.7. The van der Waals surface area contributed by atoms with Crippen LogP contribution in [0.2, 0.25) is 0 Å². The average Bonchev–Trinajstić information content (AvgIpc) is 3.24. The van der Waals surface area contributed by atoms with E-state index in [1.165, 1.54) is 6.20 Å². The van der Waals surface area contributed by atoms with Crippen LogP contribution in [0.4, 0.5) is 9.59 Å². The molecule has 252 valence electrons. The number of carbonyl (C=O) groups is 2. The molecule has 3 heterocycles. The summed E-state index contributed by atoms with van der Waals surface area (Å²) in [6.45, 7) is 6.13. The molecule has 17 nitrogen and oxygen atoms in total. The quantitative estimate of drug-likeness (QED) is 0.145. The maximum absolute atomic E-state index is 14.0. The largest absolute Gasteiger partial charge is 0.510 e. The lowest BCUT2D eigenvalue weighted by molar-refractivity contribution is -0.231. The Balaban J connectivity index is 1.44. The number of alkyl halides is 1. The van der Waals surface area contributed by atoms with Crippen LogP contribution < -0.4 is 11.2 Å². The van der Waals surface area contributed by atoms with Crippen molar-refractivity contribution in [2.24, 2.45) is 0 Å². The molecule has 45 heavy (non-hydrogen) atoms. The van der Waals surface area contributed by atoms with E-state index in [1.807, 2.05) is 0 Å². The number of phosphoric acid groups is 1. The van der Waals surface area contributed by atoms with Crippen LogP contribution in [0.1, 0.15) is 66.5 Å². The number of carbonyl (C=O) groups excluding carboxylic acids is 2. The number of nitrogens with one attached hydrogen (secondary N) is 1. The summed E-state index contributed by atoms with van der Waals surface area (Å²) in [4.78, 5) is 50.6. The van der Waals surface area contributed by atoms with E-state index in [2.05, 4.69) is 4.98 Å². The topological polar surface area (TPSA) is 198 Å². The summed E-state index contributed by atoms with van der Waals surface area (Å²) in [5, 5.41) is 0. The summed E-state index contributed by atoms with van der Waals surface area (Å²) in [7, 11) is -4.79. The Bertz CT molecular complexity index is 1430. The normalized spacial score (nSPS) is 31.2. The number of aromatic nitrogens is 2. The van der Waals surface area contributed by atoms with Gasteiger partial charge in [0.1, 0.15) is 17.3 Å². The van der Waals surface area contributed by atoms with Crippen molar-refractivity contribution in [3.63, 3.8) is 0 Å². The maximum Gasteiger partial charge on any atom is 0.510 e. The fourth-order valence-corrected chi connectivity index (χ4v) is 7.75. The van der Waals surface area contributed by atoms with Gasteiger partial charge in [0.15, 0.2) is 17.6 Å². The third kappa shape index (κ3) is 5.93. The minimum atomic E-state index is -4.79. The molecule has 19 heteroatoms. The standard InChI is InChI=1S/C26H36ClN2O15P/c1-15(2)39-21(32)35-13-37-45(34,38-14-36-22(33)40-16(3)4)42-18-25(12-27)26(18)23(5,43-24(44-26)9-6-7-10-24)19(41-25)29-11-8-17(30)28-20(29)31/h8,11,15-16,18-19H,6-7,9-10,12-14H2,1-5H3,(H,28,30,31)/t18?,19-,23+,25-,26+/m1/s1. The van der Waals surface area contributed by atoms with Gasteiger partial charge in [0.25, 0.3) is 5.56 Å². The lowest BCUT2D eigenvalue weighted by Gasteiger charge is -2.34. The Morgan fingerprint density at radius 1 is 1.04 bits per heavy atom. The van der Waals surface area contributed by atoms with Gasteiger partial charge in [-0.3, -0.25) is 18.9 Å². The molecule has 1 aromatic rings. The third-order valence-corrected chi connectivity index (χ3v) is 9.66. The minimum absolute atomic E-state index is 0.296. The van der Waals surface area contributed by atoms with Gasteiger partial charge >= 0.3 is 25.8 Å². The molecule has 2 spiro atoms. The van der Waals surface area contributed by atoms with Gasteiger partial charge < -0.3 is 33.2 Å². The van der Waals surface area contributed by atoms with Gasteiger partial charge in [0.2, 0.25) is 13.6 Å². The molecule has 1 aromatic heterocycles. The number of halogens is 1. The Morgan fingerprint density at radius 3 is 2.13 bits per heavy atom. The van der Waals surface area contributed by atoms with Crippen molar-refractivity contribution in [1.82, 2.24) is 9.55 Å². The zero-order valence-electron chi connectivity index (χ0n) is 25.3. The second kappa shape index (κ2) is 12.3. The molecular weight excluding hydrogens is 647 g/mol. The monoisotopic (exact) mass is 682 g/mol. The number of ether oxygens (including phenoxy) is 7. The van der Waals surface area contributed by atoms with E-state index in [9.17, 15) is 23.7 Å². The van der Waals surface area contributed by atoms with Crippen LogP contribution >= 0.6 is 19.4 Å². The highest BCUT2D eigenvalue weighted by Crippen LogP contribution is 2.79. The van der Waals surface area contributed by atoms with Gasteiger partial charge in [0, 0.05) is 25.1 Å². The van der Waals surface area contributed by atoms with E-state index >= 15 is 0 Å². The SMILES string of the molecule is CC(C)OC(=O)OCOP(=O)(OCOC(=O)OC(C)C)OC1[C@]23OC4(CCCC4)O[C@@]2(C)[C@H](n2ccc(=O)[nH]c2=O)O[C@]13CCl. The lowest BCUT2D eigenvalue weighted by Crippen LogP contribution is -2.49. The highest BCUT2D eigenvalue weighted by molar-refractivity contribution is 7.48. The number of hydrogen-bond donors (Lipinski definition) is 1. The van der Waals surface area contributed by atoms with Gasteiger partial charge in [-0.2, -0.15) is 0 Å². The molecule has 2 aliphatic heterocycles. The van der Waals surface area contributed by atoms with E-state index in [4.69, 9.17) is 58.3 Å². The highest BCUT2D eigenvalue weighted by atomic mass is 35.5. The van der Waals surface area contributed by atoms with Gasteiger partial charge in [-0.1, -0.05) is 0 Å². The number of aromatic amines is 1. The molecule has 1 unspecified atom stereocenters. The Labute approximate surface area is 262 Å². The van der Waals surface area contributed by atoms with Crippen molar-refractivity contribution in [2.45, 2.75) is 107 Å². The Morgan fingerprint density at radius 2 is 1.62 bits per heavy atom. The first-order valence-corrected chi connectivity index (χ1v) is 16.3. The third-order valence-electron chi connectivity index (χ3n) is 7.95. The molecule has 4 fully saturated rings. The summed E-state index contributed by atoms with van der Waals surface area (Å²) in [5.41, 5.74) is -6.01. The number of phosphoric ester groups is 1. The van der Waals surface area contributed by atoms with Crippen LogP contribution in [-0.2, 0) is 51.3 Å². The van der Waals surface area contributed by atoms with E-state index in [-0.39, 0.29) is 5.88 Å². The highest BCUT2D eigenvalue weighted by Gasteiger charge is 2.98. The molecular formula is C26H36ClN2O15P. The fourth-order valence-electron chi connectivity index (χ4n) is 6.21. The van der Waals surface area contributed by atoms with E-state index in [0.29, 0.717) is 12.8 Å². The van der Waals surface area contributed by atoms with Crippen LogP contribution in [0.15, 0.2) is 21.9 Å². The average molecular weight is 683 g/mol. The van der Waals surface area contributed by atoms with Crippen molar-refractivity contribution in [3.05, 3.63) is 33.1 Å². The summed E-state index contributed by atoms with van der Waals surface area (Å²) in [6.07, 6.45) is -1.87. The Kier molecular flexibility index (Phi) is 9.23. The lowest BCUT2D eigenvalue weighted by atomic mass is 9.94. The zero-order chi connectivity index (χ0) is 32.8. The first-order chi connectivity index (χ1) is 21.1. The molecule has 0 aromatic carbocycles. The first-order valence-electron chi connectivity index (χ1n) is 14.3. The van der Waals surface area contributed by atoms with Crippen LogP contribution in [0, 0.1) is 0 Å². The number of rotatable bonds is 12. The van der Waals surface area contributed by atoms with E-state index < -0.39 is 92.1 Å². The molecule has 2 saturated heterocycles. The maximum atomic E-state index is 14.0. The van der Waals surface area contributed by atoms with Crippen molar-refractivity contribution in [3.8, 4) is 0 Å². The molecule has 0 radical (unpaired) electrons. The Hall–Kier alpha value is -2.50. The van der Waals surface area contributed by atoms with Crippen molar-refractivity contribution in [2.75, 3.05) is 19.5 Å². The summed E-state index contributed by atoms with van der Waals surface area (Å²) < 4.78 is 70.6. The summed E-state index contributed by atoms with van der Waals surface area (Å²) in [5.74, 6) is -1.40. The molecule has 4 aliphatic rings. The molecule has 5 rings (SSSR count). The molecule has 2 aliphatic carbocycles. The van der Waals surface area contributed by atoms with Crippen LogP contribution in [0.5, 0.6) is 0 Å². The van der Waals surface area contributed by atoms with Crippen molar-refractivity contribution in [1.29, 1.82) is 0 Å². The number of hydrogen-bond acceptors (Lipinski definition) is 15. The second-order valence-corrected chi connectivity index (χ2v) is 13.6. The van der Waals surface area contributed by atoms with Crippen LogP contribution in [-0.4, -0.2) is 82.2 Å². The molecule has 0 bridgehead atoms. The van der Waals surface area contributed by atoms with Gasteiger partial charge in [0.05, 0.1) is 18.1 Å².